The van der Waals surface area contributed by atoms with Gasteiger partial charge in [0.2, 0.25) is 0 Å². The van der Waals surface area contributed by atoms with Gasteiger partial charge in [-0.25, -0.2) is 4.39 Å². The Morgan fingerprint density at radius 2 is 2.05 bits per heavy atom. The highest BCUT2D eigenvalue weighted by molar-refractivity contribution is 5.53. The fourth-order valence-corrected chi connectivity index (χ4v) is 3.07. The van der Waals surface area contributed by atoms with Crippen molar-refractivity contribution >= 4 is 5.69 Å². The van der Waals surface area contributed by atoms with Crippen molar-refractivity contribution in [1.29, 1.82) is 0 Å². The average Bonchev–Trinajstić information content (AvgIpc) is 2.80. The molecule has 20 heavy (non-hydrogen) atoms. The van der Waals surface area contributed by atoms with Crippen molar-refractivity contribution in [2.24, 2.45) is 0 Å². The smallest absolute Gasteiger partial charge is 0.126 e. The van der Waals surface area contributed by atoms with Gasteiger partial charge in [0.05, 0.1) is 12.1 Å². The number of anilines is 1. The zero-order valence-corrected chi connectivity index (χ0v) is 11.5. The third-order valence-corrected chi connectivity index (χ3v) is 4.11. The highest BCUT2D eigenvalue weighted by atomic mass is 19.1. The van der Waals surface area contributed by atoms with E-state index in [2.05, 4.69) is 5.32 Å². The molecule has 3 rings (SSSR count). The molecule has 0 saturated carbocycles. The van der Waals surface area contributed by atoms with Gasteiger partial charge in [-0.15, -0.1) is 0 Å². The fourth-order valence-electron chi connectivity index (χ4n) is 3.07. The fraction of sp³-hybridized carbons (Fsp3) is 0.294. The second-order valence-corrected chi connectivity index (χ2v) is 5.50. The summed E-state index contributed by atoms with van der Waals surface area (Å²) < 4.78 is 13.9. The van der Waals surface area contributed by atoms with Crippen LogP contribution in [-0.2, 0) is 12.0 Å². The summed E-state index contributed by atoms with van der Waals surface area (Å²) in [6, 6.07) is 13.1. The van der Waals surface area contributed by atoms with Crippen molar-refractivity contribution in [2.75, 3.05) is 11.9 Å². The van der Waals surface area contributed by atoms with Gasteiger partial charge in [0.15, 0.2) is 0 Å². The molecule has 0 heterocycles. The van der Waals surface area contributed by atoms with Crippen molar-refractivity contribution in [2.45, 2.75) is 25.3 Å². The molecule has 0 aliphatic heterocycles. The molecule has 1 atom stereocenters. The molecule has 3 heteroatoms. The van der Waals surface area contributed by atoms with E-state index in [-0.39, 0.29) is 12.4 Å². The molecule has 2 nitrogen and oxygen atoms in total. The predicted octanol–water partition coefficient (Wildman–Crippen LogP) is 3.38. The number of aliphatic hydroxyl groups excluding tert-OH is 1. The van der Waals surface area contributed by atoms with E-state index in [1.807, 2.05) is 37.3 Å². The van der Waals surface area contributed by atoms with E-state index < -0.39 is 5.54 Å². The van der Waals surface area contributed by atoms with E-state index in [0.717, 1.165) is 22.4 Å². The minimum Gasteiger partial charge on any atom is -0.394 e. The van der Waals surface area contributed by atoms with E-state index in [0.29, 0.717) is 12.8 Å². The van der Waals surface area contributed by atoms with Gasteiger partial charge in [0.1, 0.15) is 5.82 Å². The van der Waals surface area contributed by atoms with Crippen LogP contribution >= 0.6 is 0 Å². The van der Waals surface area contributed by atoms with Gasteiger partial charge >= 0.3 is 0 Å². The molecule has 0 aromatic heterocycles. The van der Waals surface area contributed by atoms with Crippen molar-refractivity contribution in [3.05, 3.63) is 65.0 Å². The molecule has 0 bridgehead atoms. The SMILES string of the molecule is Cc1cccc(NC2(CO)CCc3c(F)cccc32)c1. The lowest BCUT2D eigenvalue weighted by molar-refractivity contribution is 0.211. The number of aliphatic hydroxyl groups is 1. The van der Waals surface area contributed by atoms with Crippen LogP contribution in [0.15, 0.2) is 42.5 Å². The van der Waals surface area contributed by atoms with Gasteiger partial charge in [-0.1, -0.05) is 24.3 Å². The van der Waals surface area contributed by atoms with Crippen LogP contribution in [0, 0.1) is 12.7 Å². The van der Waals surface area contributed by atoms with Gasteiger partial charge in [0, 0.05) is 5.69 Å². The van der Waals surface area contributed by atoms with Crippen LogP contribution in [0.4, 0.5) is 10.1 Å². The third kappa shape index (κ3) is 2.08. The molecule has 0 amide bonds. The van der Waals surface area contributed by atoms with Gasteiger partial charge in [-0.2, -0.15) is 0 Å². The molecule has 0 fully saturated rings. The minimum absolute atomic E-state index is 0.0443. The number of halogens is 1. The van der Waals surface area contributed by atoms with E-state index in [9.17, 15) is 9.50 Å². The first-order valence-corrected chi connectivity index (χ1v) is 6.88. The maximum Gasteiger partial charge on any atom is 0.126 e. The van der Waals surface area contributed by atoms with Crippen LogP contribution in [-0.4, -0.2) is 11.7 Å². The molecule has 1 aliphatic carbocycles. The van der Waals surface area contributed by atoms with Crippen LogP contribution in [0.5, 0.6) is 0 Å². The molecular formula is C17H18FNO. The summed E-state index contributed by atoms with van der Waals surface area (Å²) in [6.07, 6.45) is 1.36. The Bertz CT molecular complexity index is 641. The summed E-state index contributed by atoms with van der Waals surface area (Å²) >= 11 is 0. The molecule has 104 valence electrons. The molecule has 2 aromatic rings. The first kappa shape index (κ1) is 13.1. The topological polar surface area (TPSA) is 32.3 Å². The number of hydrogen-bond donors (Lipinski definition) is 2. The first-order chi connectivity index (χ1) is 9.64. The maximum absolute atomic E-state index is 13.9. The molecule has 0 radical (unpaired) electrons. The van der Waals surface area contributed by atoms with Crippen molar-refractivity contribution < 1.29 is 9.50 Å². The van der Waals surface area contributed by atoms with E-state index >= 15 is 0 Å². The number of aryl methyl sites for hydroxylation is 1. The first-order valence-electron chi connectivity index (χ1n) is 6.88. The largest absolute Gasteiger partial charge is 0.394 e. The Morgan fingerprint density at radius 3 is 2.80 bits per heavy atom. The summed E-state index contributed by atoms with van der Waals surface area (Å²) in [5, 5.41) is 13.3. The average molecular weight is 271 g/mol. The number of nitrogens with one attached hydrogen (secondary N) is 1. The molecule has 2 N–H and O–H groups in total. The molecule has 0 spiro atoms. The molecular weight excluding hydrogens is 253 g/mol. The number of fused-ring (bicyclic) bond motifs is 1. The van der Waals surface area contributed by atoms with Gasteiger partial charge in [-0.3, -0.25) is 0 Å². The monoisotopic (exact) mass is 271 g/mol. The zero-order valence-electron chi connectivity index (χ0n) is 11.5. The Morgan fingerprint density at radius 1 is 1.25 bits per heavy atom. The van der Waals surface area contributed by atoms with Crippen molar-refractivity contribution in [1.82, 2.24) is 0 Å². The summed E-state index contributed by atoms with van der Waals surface area (Å²) in [6.45, 7) is 1.98. The second kappa shape index (κ2) is 4.91. The molecule has 0 saturated heterocycles. The Hall–Kier alpha value is -1.87. The van der Waals surface area contributed by atoms with Gasteiger partial charge in [0.25, 0.3) is 0 Å². The Kier molecular flexibility index (Phi) is 3.22. The summed E-state index contributed by atoms with van der Waals surface area (Å²) in [5.74, 6) is -0.177. The lowest BCUT2D eigenvalue weighted by Crippen LogP contribution is -2.37. The third-order valence-electron chi connectivity index (χ3n) is 4.11. The van der Waals surface area contributed by atoms with Crippen molar-refractivity contribution in [3.8, 4) is 0 Å². The Balaban J connectivity index is 2.01. The van der Waals surface area contributed by atoms with Crippen molar-refractivity contribution in [3.63, 3.8) is 0 Å². The van der Waals surface area contributed by atoms with Crippen LogP contribution < -0.4 is 5.32 Å². The molecule has 1 unspecified atom stereocenters. The summed E-state index contributed by atoms with van der Waals surface area (Å²) in [4.78, 5) is 0. The highest BCUT2D eigenvalue weighted by Gasteiger charge is 2.39. The van der Waals surface area contributed by atoms with E-state index in [4.69, 9.17) is 0 Å². The highest BCUT2D eigenvalue weighted by Crippen LogP contribution is 2.40. The molecule has 2 aromatic carbocycles. The van der Waals surface area contributed by atoms with Crippen LogP contribution in [0.3, 0.4) is 0 Å². The maximum atomic E-state index is 13.9. The van der Waals surface area contributed by atoms with Gasteiger partial charge < -0.3 is 10.4 Å². The molecule has 1 aliphatic rings. The minimum atomic E-state index is -0.578. The quantitative estimate of drug-likeness (QED) is 0.897. The number of benzene rings is 2. The Labute approximate surface area is 118 Å². The van der Waals surface area contributed by atoms with E-state index in [1.54, 1.807) is 6.07 Å². The predicted molar refractivity (Wildman–Crippen MR) is 78.3 cm³/mol. The van der Waals surface area contributed by atoms with Gasteiger partial charge in [-0.05, 0) is 54.7 Å². The normalized spacial score (nSPS) is 20.8. The zero-order chi connectivity index (χ0) is 14.2. The standard InChI is InChI=1S/C17H18FNO/c1-12-4-2-5-13(10-12)19-17(11-20)9-8-14-15(17)6-3-7-16(14)18/h2-7,10,19-20H,8-9,11H2,1H3. The van der Waals surface area contributed by atoms with Crippen LogP contribution in [0.2, 0.25) is 0 Å². The lowest BCUT2D eigenvalue weighted by Gasteiger charge is -2.31. The second-order valence-electron chi connectivity index (χ2n) is 5.50. The van der Waals surface area contributed by atoms with Crippen LogP contribution in [0.25, 0.3) is 0 Å². The van der Waals surface area contributed by atoms with Crippen LogP contribution in [0.1, 0.15) is 23.1 Å². The summed E-state index contributed by atoms with van der Waals surface area (Å²) in [7, 11) is 0. The number of hydrogen-bond acceptors (Lipinski definition) is 2. The van der Waals surface area contributed by atoms with E-state index in [1.165, 1.54) is 6.07 Å². The lowest BCUT2D eigenvalue weighted by atomic mass is 9.92. The summed E-state index contributed by atoms with van der Waals surface area (Å²) in [5.41, 5.74) is 3.13. The number of rotatable bonds is 3.